The molecule has 1 fully saturated rings. The highest BCUT2D eigenvalue weighted by Gasteiger charge is 2.23. The first-order valence-corrected chi connectivity index (χ1v) is 10.4. The summed E-state index contributed by atoms with van der Waals surface area (Å²) in [7, 11) is 0. The highest BCUT2D eigenvalue weighted by atomic mass is 35.5. The van der Waals surface area contributed by atoms with Gasteiger partial charge in [-0.15, -0.1) is 0 Å². The molecule has 1 amide bonds. The second kappa shape index (κ2) is 8.36. The third kappa shape index (κ3) is 3.73. The summed E-state index contributed by atoms with van der Waals surface area (Å²) in [5.41, 5.74) is 0.749. The van der Waals surface area contributed by atoms with Crippen LogP contribution in [-0.2, 0) is 17.9 Å². The topological polar surface area (TPSA) is 67.6 Å². The highest BCUT2D eigenvalue weighted by molar-refractivity contribution is 6.30. The molecule has 0 aliphatic carbocycles. The molecule has 4 rings (SSSR count). The minimum Gasteiger partial charge on any atom is -0.368 e. The number of anilines is 1. The fourth-order valence-electron chi connectivity index (χ4n) is 3.92. The van der Waals surface area contributed by atoms with E-state index in [2.05, 4.69) is 4.90 Å². The molecular weight excluding hydrogens is 404 g/mol. The standard InChI is InChI=1S/C22H23ClN4O3/c1-2-26-21(29)18-8-3-4-9-19(18)27(22(26)30)15-20(28)25-12-10-24(11-13-25)17-7-5-6-16(23)14-17/h3-9,14H,2,10-13,15H2,1H3. The molecule has 1 saturated heterocycles. The second-order valence-electron chi connectivity index (χ2n) is 7.28. The SMILES string of the molecule is CCn1c(=O)c2ccccc2n(CC(=O)N2CCN(c3cccc(Cl)c3)CC2)c1=O. The van der Waals surface area contributed by atoms with E-state index in [1.165, 1.54) is 9.13 Å². The van der Waals surface area contributed by atoms with Gasteiger partial charge in [-0.25, -0.2) is 4.79 Å². The Labute approximate surface area is 178 Å². The first-order chi connectivity index (χ1) is 14.5. The lowest BCUT2D eigenvalue weighted by Crippen LogP contribution is -2.50. The number of para-hydroxylation sites is 1. The van der Waals surface area contributed by atoms with Gasteiger partial charge in [0.15, 0.2) is 0 Å². The van der Waals surface area contributed by atoms with Crippen molar-refractivity contribution in [3.63, 3.8) is 0 Å². The molecule has 1 aromatic heterocycles. The lowest BCUT2D eigenvalue weighted by molar-refractivity contribution is -0.132. The molecule has 3 aromatic rings. The summed E-state index contributed by atoms with van der Waals surface area (Å²) in [5.74, 6) is -0.130. The van der Waals surface area contributed by atoms with Crippen LogP contribution < -0.4 is 16.1 Å². The van der Waals surface area contributed by atoms with Crippen LogP contribution in [0, 0.1) is 0 Å². The average Bonchev–Trinajstić information content (AvgIpc) is 2.77. The van der Waals surface area contributed by atoms with E-state index in [-0.39, 0.29) is 24.6 Å². The van der Waals surface area contributed by atoms with Crippen LogP contribution in [0.15, 0.2) is 58.1 Å². The largest absolute Gasteiger partial charge is 0.368 e. The summed E-state index contributed by atoms with van der Waals surface area (Å²) < 4.78 is 2.58. The maximum absolute atomic E-state index is 13.0. The number of halogens is 1. The van der Waals surface area contributed by atoms with Gasteiger partial charge >= 0.3 is 5.69 Å². The first kappa shape index (κ1) is 20.2. The number of carbonyl (C=O) groups is 1. The Kier molecular flexibility index (Phi) is 5.63. The average molecular weight is 427 g/mol. The van der Waals surface area contributed by atoms with Gasteiger partial charge in [0.25, 0.3) is 5.56 Å². The van der Waals surface area contributed by atoms with Crippen LogP contribution in [0.25, 0.3) is 10.9 Å². The van der Waals surface area contributed by atoms with E-state index in [0.29, 0.717) is 42.1 Å². The van der Waals surface area contributed by atoms with Gasteiger partial charge < -0.3 is 9.80 Å². The number of hydrogen-bond donors (Lipinski definition) is 0. The molecule has 2 heterocycles. The van der Waals surface area contributed by atoms with E-state index >= 15 is 0 Å². The third-order valence-corrected chi connectivity index (χ3v) is 5.78. The van der Waals surface area contributed by atoms with Crippen molar-refractivity contribution in [2.75, 3.05) is 31.1 Å². The van der Waals surface area contributed by atoms with Gasteiger partial charge in [-0.2, -0.15) is 0 Å². The Hall–Kier alpha value is -3.06. The Balaban J connectivity index is 1.55. The number of carbonyl (C=O) groups excluding carboxylic acids is 1. The quantitative estimate of drug-likeness (QED) is 0.641. The van der Waals surface area contributed by atoms with Crippen molar-refractivity contribution < 1.29 is 4.79 Å². The Morgan fingerprint density at radius 1 is 0.967 bits per heavy atom. The number of fused-ring (bicyclic) bond motifs is 1. The number of hydrogen-bond acceptors (Lipinski definition) is 4. The second-order valence-corrected chi connectivity index (χ2v) is 7.72. The van der Waals surface area contributed by atoms with Gasteiger partial charge in [-0.3, -0.25) is 18.7 Å². The zero-order valence-corrected chi connectivity index (χ0v) is 17.5. The summed E-state index contributed by atoms with van der Waals surface area (Å²) >= 11 is 6.08. The van der Waals surface area contributed by atoms with Crippen molar-refractivity contribution in [3.05, 3.63) is 74.4 Å². The monoisotopic (exact) mass is 426 g/mol. The van der Waals surface area contributed by atoms with Gasteiger partial charge in [0.1, 0.15) is 6.54 Å². The van der Waals surface area contributed by atoms with Crippen molar-refractivity contribution in [3.8, 4) is 0 Å². The molecule has 156 valence electrons. The van der Waals surface area contributed by atoms with Crippen molar-refractivity contribution in [1.29, 1.82) is 0 Å². The molecule has 7 nitrogen and oxygen atoms in total. The Morgan fingerprint density at radius 2 is 1.70 bits per heavy atom. The van der Waals surface area contributed by atoms with E-state index in [0.717, 1.165) is 5.69 Å². The number of amides is 1. The van der Waals surface area contributed by atoms with Crippen molar-refractivity contribution >= 4 is 34.1 Å². The lowest BCUT2D eigenvalue weighted by Gasteiger charge is -2.36. The fourth-order valence-corrected chi connectivity index (χ4v) is 4.11. The molecule has 1 aliphatic rings. The van der Waals surface area contributed by atoms with Crippen LogP contribution >= 0.6 is 11.6 Å². The summed E-state index contributed by atoms with van der Waals surface area (Å²) in [4.78, 5) is 42.4. The molecule has 8 heteroatoms. The predicted molar refractivity (Wildman–Crippen MR) is 118 cm³/mol. The van der Waals surface area contributed by atoms with Crippen molar-refractivity contribution in [2.45, 2.75) is 20.0 Å². The molecule has 0 saturated carbocycles. The van der Waals surface area contributed by atoms with Crippen molar-refractivity contribution in [2.24, 2.45) is 0 Å². The van der Waals surface area contributed by atoms with Crippen LogP contribution in [0.2, 0.25) is 5.02 Å². The normalized spacial score (nSPS) is 14.3. The molecule has 0 atom stereocenters. The summed E-state index contributed by atoms with van der Waals surface area (Å²) in [5, 5.41) is 1.13. The van der Waals surface area contributed by atoms with E-state index in [1.54, 1.807) is 36.1 Å². The maximum atomic E-state index is 13.0. The molecule has 30 heavy (non-hydrogen) atoms. The zero-order chi connectivity index (χ0) is 21.3. The first-order valence-electron chi connectivity index (χ1n) is 10.00. The van der Waals surface area contributed by atoms with Crippen LogP contribution in [0.4, 0.5) is 5.69 Å². The lowest BCUT2D eigenvalue weighted by atomic mass is 10.2. The van der Waals surface area contributed by atoms with Crippen molar-refractivity contribution in [1.82, 2.24) is 14.0 Å². The molecule has 0 radical (unpaired) electrons. The molecule has 0 bridgehead atoms. The fraction of sp³-hybridized carbons (Fsp3) is 0.318. The number of piperazine rings is 1. The van der Waals surface area contributed by atoms with E-state index in [1.807, 2.05) is 24.3 Å². The van der Waals surface area contributed by atoms with E-state index in [4.69, 9.17) is 11.6 Å². The summed E-state index contributed by atoms with van der Waals surface area (Å²) in [6.07, 6.45) is 0. The highest BCUT2D eigenvalue weighted by Crippen LogP contribution is 2.21. The Bertz CT molecular complexity index is 1210. The number of benzene rings is 2. The Morgan fingerprint density at radius 3 is 2.40 bits per heavy atom. The van der Waals surface area contributed by atoms with Gasteiger partial charge in [-0.1, -0.05) is 29.8 Å². The molecule has 2 aromatic carbocycles. The van der Waals surface area contributed by atoms with Gasteiger partial charge in [0.05, 0.1) is 10.9 Å². The number of aromatic nitrogens is 2. The molecular formula is C22H23ClN4O3. The molecule has 0 N–H and O–H groups in total. The molecule has 0 spiro atoms. The van der Waals surface area contributed by atoms with E-state index in [9.17, 15) is 14.4 Å². The predicted octanol–water partition coefficient (Wildman–Crippen LogP) is 2.19. The zero-order valence-electron chi connectivity index (χ0n) is 16.8. The smallest absolute Gasteiger partial charge is 0.331 e. The van der Waals surface area contributed by atoms with E-state index < -0.39 is 5.69 Å². The van der Waals surface area contributed by atoms with Crippen LogP contribution in [0.3, 0.4) is 0 Å². The third-order valence-electron chi connectivity index (χ3n) is 5.55. The summed E-state index contributed by atoms with van der Waals surface area (Å²) in [6, 6.07) is 14.6. The van der Waals surface area contributed by atoms with Crippen LogP contribution in [0.5, 0.6) is 0 Å². The maximum Gasteiger partial charge on any atom is 0.331 e. The number of rotatable bonds is 4. The molecule has 0 unspecified atom stereocenters. The van der Waals surface area contributed by atoms with Gasteiger partial charge in [-0.05, 0) is 37.3 Å². The minimum absolute atomic E-state index is 0.0865. The van der Waals surface area contributed by atoms with Gasteiger partial charge in [0.2, 0.25) is 5.91 Å². The minimum atomic E-state index is -0.452. The number of nitrogens with zero attached hydrogens (tertiary/aromatic N) is 4. The molecule has 1 aliphatic heterocycles. The van der Waals surface area contributed by atoms with Gasteiger partial charge in [0, 0.05) is 43.4 Å². The van der Waals surface area contributed by atoms with Crippen LogP contribution in [-0.4, -0.2) is 46.1 Å². The summed E-state index contributed by atoms with van der Waals surface area (Å²) in [6.45, 7) is 4.42. The van der Waals surface area contributed by atoms with Crippen LogP contribution in [0.1, 0.15) is 6.92 Å².